The van der Waals surface area contributed by atoms with Crippen LogP contribution in [-0.2, 0) is 0 Å². The van der Waals surface area contributed by atoms with Crippen molar-refractivity contribution in [2.24, 2.45) is 0 Å². The van der Waals surface area contributed by atoms with Gasteiger partial charge in [0.05, 0.1) is 0 Å². The van der Waals surface area contributed by atoms with Crippen molar-refractivity contribution < 1.29 is 9.59 Å². The van der Waals surface area contributed by atoms with Crippen molar-refractivity contribution in [1.82, 2.24) is 20.6 Å². The third kappa shape index (κ3) is 0.826. The number of nitrogens with zero attached hydrogens (tertiary/aromatic N) is 1. The first-order valence-electron chi connectivity index (χ1n) is 3.10. The molecule has 2 rings (SSSR count). The minimum Gasteiger partial charge on any atom is -0.314 e. The number of carbonyl (C=O) groups is 2. The molecule has 0 saturated carbocycles. The Kier molecular flexibility index (Phi) is 1.20. The first-order chi connectivity index (χ1) is 5.18. The minimum absolute atomic E-state index is 0.211. The van der Waals surface area contributed by atoms with E-state index in [1.165, 1.54) is 4.67 Å². The maximum Gasteiger partial charge on any atom is 0.323 e. The molecule has 2 aliphatic heterocycles. The van der Waals surface area contributed by atoms with E-state index in [1.807, 2.05) is 0 Å². The highest BCUT2D eigenvalue weighted by Crippen LogP contribution is 2.17. The highest BCUT2D eigenvalue weighted by Gasteiger charge is 2.43. The topological polar surface area (TPSA) is 73.5 Å². The lowest BCUT2D eigenvalue weighted by Gasteiger charge is -2.13. The second-order valence-electron chi connectivity index (χ2n) is 2.40. The molecule has 11 heavy (non-hydrogen) atoms. The lowest BCUT2D eigenvalue weighted by molar-refractivity contribution is 0.228. The SMILES string of the molecule is O=C1NC2NC(=O)N(P)C2N1. The van der Waals surface area contributed by atoms with Gasteiger partial charge in [0.2, 0.25) is 0 Å². The Morgan fingerprint density at radius 3 is 2.64 bits per heavy atom. The summed E-state index contributed by atoms with van der Waals surface area (Å²) in [5.41, 5.74) is 0. The minimum atomic E-state index is -0.299. The maximum absolute atomic E-state index is 10.9. The van der Waals surface area contributed by atoms with Gasteiger partial charge >= 0.3 is 12.1 Å². The normalized spacial score (nSPS) is 34.5. The fourth-order valence-corrected chi connectivity index (χ4v) is 1.48. The van der Waals surface area contributed by atoms with Gasteiger partial charge in [-0.05, 0) is 9.39 Å². The van der Waals surface area contributed by atoms with Crippen LogP contribution in [0.15, 0.2) is 0 Å². The van der Waals surface area contributed by atoms with Crippen LogP contribution >= 0.6 is 9.39 Å². The van der Waals surface area contributed by atoms with Crippen molar-refractivity contribution >= 4 is 21.5 Å². The van der Waals surface area contributed by atoms with E-state index in [1.54, 1.807) is 0 Å². The summed E-state index contributed by atoms with van der Waals surface area (Å²) in [6.45, 7) is 0. The molecule has 4 amide bonds. The molecular weight excluding hydrogens is 167 g/mol. The van der Waals surface area contributed by atoms with Gasteiger partial charge in [-0.15, -0.1) is 0 Å². The molecule has 3 atom stereocenters. The molecule has 3 N–H and O–H groups in total. The third-order valence-corrected chi connectivity index (χ3v) is 2.25. The van der Waals surface area contributed by atoms with Crippen molar-refractivity contribution in [2.45, 2.75) is 12.3 Å². The summed E-state index contributed by atoms with van der Waals surface area (Å²) in [6.07, 6.45) is -0.576. The Morgan fingerprint density at radius 2 is 2.00 bits per heavy atom. The second kappa shape index (κ2) is 1.98. The summed E-state index contributed by atoms with van der Waals surface area (Å²) >= 11 is 0. The lowest BCUT2D eigenvalue weighted by Crippen LogP contribution is -2.39. The van der Waals surface area contributed by atoms with Crippen molar-refractivity contribution in [3.8, 4) is 0 Å². The summed E-state index contributed by atoms with van der Waals surface area (Å²) in [4.78, 5) is 21.6. The number of carbonyl (C=O) groups excluding carboxylic acids is 2. The van der Waals surface area contributed by atoms with Gasteiger partial charge in [-0.1, -0.05) is 0 Å². The average Bonchev–Trinajstić information content (AvgIpc) is 2.37. The van der Waals surface area contributed by atoms with Crippen molar-refractivity contribution in [3.05, 3.63) is 0 Å². The van der Waals surface area contributed by atoms with Crippen molar-refractivity contribution in [2.75, 3.05) is 0 Å². The highest BCUT2D eigenvalue weighted by molar-refractivity contribution is 7.14. The predicted molar refractivity (Wildman–Crippen MR) is 39.3 cm³/mol. The number of hydrogen-bond acceptors (Lipinski definition) is 2. The smallest absolute Gasteiger partial charge is 0.314 e. The molecule has 2 aliphatic rings. The largest absolute Gasteiger partial charge is 0.323 e. The number of nitrogens with one attached hydrogen (secondary N) is 3. The van der Waals surface area contributed by atoms with E-state index >= 15 is 0 Å². The molecule has 0 bridgehead atoms. The predicted octanol–water partition coefficient (Wildman–Crippen LogP) is -1.23. The van der Waals surface area contributed by atoms with E-state index in [0.29, 0.717) is 0 Å². The summed E-state index contributed by atoms with van der Waals surface area (Å²) in [6, 6.07) is -0.468. The Morgan fingerprint density at radius 1 is 1.27 bits per heavy atom. The van der Waals surface area contributed by atoms with E-state index in [0.717, 1.165) is 0 Å². The van der Waals surface area contributed by atoms with E-state index in [9.17, 15) is 9.59 Å². The molecule has 60 valence electrons. The fourth-order valence-electron chi connectivity index (χ4n) is 1.16. The second-order valence-corrected chi connectivity index (χ2v) is 2.95. The van der Waals surface area contributed by atoms with Gasteiger partial charge in [-0.2, -0.15) is 0 Å². The molecule has 7 heteroatoms. The monoisotopic (exact) mass is 174 g/mol. The highest BCUT2D eigenvalue weighted by atomic mass is 31.0. The Labute approximate surface area is 64.9 Å². The molecule has 2 saturated heterocycles. The number of fused-ring (bicyclic) bond motifs is 1. The number of rotatable bonds is 0. The van der Waals surface area contributed by atoms with Crippen LogP contribution in [0.3, 0.4) is 0 Å². The van der Waals surface area contributed by atoms with Crippen LogP contribution in [0.1, 0.15) is 0 Å². The standard InChI is InChI=1S/C4H7N4O2P/c9-3-5-1-2(7-3)8(11)4(10)6-1/h1-2H,11H2,(H,6,10)(H2,5,7,9). The third-order valence-electron chi connectivity index (χ3n) is 1.69. The van der Waals surface area contributed by atoms with Crippen molar-refractivity contribution in [1.29, 1.82) is 0 Å². The molecule has 0 aliphatic carbocycles. The van der Waals surface area contributed by atoms with Crippen LogP contribution < -0.4 is 16.0 Å². The molecule has 0 aromatic rings. The average molecular weight is 174 g/mol. The first-order valence-corrected chi connectivity index (χ1v) is 3.61. The first kappa shape index (κ1) is 6.67. The molecule has 0 spiro atoms. The molecule has 2 fully saturated rings. The maximum atomic E-state index is 10.9. The van der Waals surface area contributed by atoms with Gasteiger partial charge in [0.25, 0.3) is 0 Å². The lowest BCUT2D eigenvalue weighted by atomic mass is 10.4. The molecule has 6 nitrogen and oxygen atoms in total. The van der Waals surface area contributed by atoms with Crippen molar-refractivity contribution in [3.63, 3.8) is 0 Å². The Hall–Kier alpha value is -1.03. The van der Waals surface area contributed by atoms with Gasteiger partial charge in [0.15, 0.2) is 0 Å². The van der Waals surface area contributed by atoms with Gasteiger partial charge < -0.3 is 16.0 Å². The molecule has 0 aromatic carbocycles. The summed E-state index contributed by atoms with van der Waals surface area (Å²) in [5.74, 6) is 0. The van der Waals surface area contributed by atoms with Gasteiger partial charge in [0.1, 0.15) is 12.3 Å². The molecular formula is C4H7N4O2P. The summed E-state index contributed by atoms with van der Waals surface area (Å²) in [7, 11) is 2.24. The van der Waals surface area contributed by atoms with Crippen LogP contribution in [0.25, 0.3) is 0 Å². The molecule has 0 aromatic heterocycles. The zero-order chi connectivity index (χ0) is 8.01. The fraction of sp³-hybridized carbons (Fsp3) is 0.500. The number of urea groups is 2. The van der Waals surface area contributed by atoms with Crippen LogP contribution in [0, 0.1) is 0 Å². The summed E-state index contributed by atoms with van der Waals surface area (Å²) < 4.78 is 1.36. The van der Waals surface area contributed by atoms with Gasteiger partial charge in [-0.25, -0.2) is 9.59 Å². The number of amides is 4. The Balaban J connectivity index is 2.19. The van der Waals surface area contributed by atoms with E-state index in [4.69, 9.17) is 0 Å². The summed E-state index contributed by atoms with van der Waals surface area (Å²) in [5, 5.41) is 7.68. The zero-order valence-corrected chi connectivity index (χ0v) is 6.65. The van der Waals surface area contributed by atoms with E-state index in [2.05, 4.69) is 25.3 Å². The van der Waals surface area contributed by atoms with Crippen LogP contribution in [0.2, 0.25) is 0 Å². The van der Waals surface area contributed by atoms with Crippen LogP contribution in [0.4, 0.5) is 9.59 Å². The quantitative estimate of drug-likeness (QED) is 0.402. The zero-order valence-electron chi connectivity index (χ0n) is 5.50. The van der Waals surface area contributed by atoms with Gasteiger partial charge in [0, 0.05) is 0 Å². The number of hydrogen-bond donors (Lipinski definition) is 3. The molecule has 0 radical (unpaired) electrons. The molecule has 3 unspecified atom stereocenters. The van der Waals surface area contributed by atoms with E-state index < -0.39 is 0 Å². The van der Waals surface area contributed by atoms with Gasteiger partial charge in [-0.3, -0.25) is 4.67 Å². The molecule has 2 heterocycles. The Bertz CT molecular complexity index is 232. The van der Waals surface area contributed by atoms with Crippen LogP contribution in [-0.4, -0.2) is 29.1 Å². The van der Waals surface area contributed by atoms with E-state index in [-0.39, 0.29) is 24.4 Å². The van der Waals surface area contributed by atoms with Crippen LogP contribution in [0.5, 0.6) is 0 Å².